The van der Waals surface area contributed by atoms with Crippen LogP contribution in [-0.2, 0) is 4.74 Å². The van der Waals surface area contributed by atoms with Crippen LogP contribution in [-0.4, -0.2) is 29.0 Å². The minimum Gasteiger partial charge on any atom is -0.396 e. The van der Waals surface area contributed by atoms with Gasteiger partial charge in [0.25, 0.3) is 0 Å². The molecule has 5 atom stereocenters. The summed E-state index contributed by atoms with van der Waals surface area (Å²) in [5.74, 6) is 1.33. The van der Waals surface area contributed by atoms with Gasteiger partial charge in [-0.15, -0.1) is 0 Å². The van der Waals surface area contributed by atoms with Crippen LogP contribution in [0, 0.1) is 11.8 Å². The Bertz CT molecular complexity index is 489. The lowest BCUT2D eigenvalue weighted by molar-refractivity contribution is 0.0830. The van der Waals surface area contributed by atoms with E-state index < -0.39 is 0 Å². The average Bonchev–Trinajstić information content (AvgIpc) is 3.25. The van der Waals surface area contributed by atoms with Crippen LogP contribution in [0.3, 0.4) is 0 Å². The van der Waals surface area contributed by atoms with Gasteiger partial charge in [-0.1, -0.05) is 56.0 Å². The Morgan fingerprint density at radius 2 is 1.52 bits per heavy atom. The van der Waals surface area contributed by atoms with Gasteiger partial charge in [-0.05, 0) is 55.9 Å². The summed E-state index contributed by atoms with van der Waals surface area (Å²) in [6, 6.07) is 10.0. The van der Waals surface area contributed by atoms with Crippen molar-refractivity contribution >= 4 is 0 Å². The Kier molecular flexibility index (Phi) is 7.33. The second kappa shape index (κ2) is 9.70. The number of unbranched alkanes of at least 4 members (excludes halogenated alkanes) is 4. The lowest BCUT2D eigenvalue weighted by Gasteiger charge is -2.29. The van der Waals surface area contributed by atoms with E-state index in [1.165, 1.54) is 38.5 Å². The van der Waals surface area contributed by atoms with Crippen LogP contribution in [0.25, 0.3) is 0 Å². The van der Waals surface area contributed by atoms with Crippen molar-refractivity contribution in [3.63, 3.8) is 0 Å². The van der Waals surface area contributed by atoms with Gasteiger partial charge >= 0.3 is 0 Å². The molecule has 1 aromatic carbocycles. The summed E-state index contributed by atoms with van der Waals surface area (Å²) in [6.45, 7) is 0.325. The highest BCUT2D eigenvalue weighted by molar-refractivity contribution is 5.17. The molecule has 0 aliphatic carbocycles. The van der Waals surface area contributed by atoms with Gasteiger partial charge in [-0.2, -0.15) is 0 Å². The summed E-state index contributed by atoms with van der Waals surface area (Å²) in [5, 5.41) is 19.3. The van der Waals surface area contributed by atoms with E-state index in [0.29, 0.717) is 30.7 Å². The van der Waals surface area contributed by atoms with Crippen LogP contribution in [0.1, 0.15) is 75.9 Å². The fraction of sp³-hybridized carbons (Fsp3) is 0.727. The first-order valence-electron chi connectivity index (χ1n) is 10.3. The largest absolute Gasteiger partial charge is 0.396 e. The van der Waals surface area contributed by atoms with Gasteiger partial charge in [-0.25, -0.2) is 0 Å². The van der Waals surface area contributed by atoms with Crippen molar-refractivity contribution in [3.05, 3.63) is 35.9 Å². The minimum absolute atomic E-state index is 0.325. The summed E-state index contributed by atoms with van der Waals surface area (Å²) in [4.78, 5) is 0. The second-order valence-corrected chi connectivity index (χ2v) is 7.90. The van der Waals surface area contributed by atoms with Crippen LogP contribution in [0.5, 0.6) is 0 Å². The predicted octanol–water partition coefficient (Wildman–Crippen LogP) is 4.63. The van der Waals surface area contributed by atoms with Gasteiger partial charge in [0.1, 0.15) is 0 Å². The molecule has 2 fully saturated rings. The highest BCUT2D eigenvalue weighted by Gasteiger charge is 2.47. The van der Waals surface area contributed by atoms with Crippen LogP contribution in [0.15, 0.2) is 30.3 Å². The second-order valence-electron chi connectivity index (χ2n) is 7.90. The molecule has 0 amide bonds. The molecule has 1 unspecified atom stereocenters. The van der Waals surface area contributed by atoms with Crippen molar-refractivity contribution in [3.8, 4) is 0 Å². The van der Waals surface area contributed by atoms with Crippen LogP contribution >= 0.6 is 0 Å². The third-order valence-corrected chi connectivity index (χ3v) is 6.24. The Hall–Kier alpha value is -0.900. The monoisotopic (exact) mass is 346 g/mol. The number of aliphatic hydroxyl groups is 2. The van der Waals surface area contributed by atoms with E-state index in [2.05, 4.69) is 0 Å². The van der Waals surface area contributed by atoms with Crippen LogP contribution in [0.4, 0.5) is 0 Å². The zero-order chi connectivity index (χ0) is 17.5. The Morgan fingerprint density at radius 3 is 2.24 bits per heavy atom. The molecule has 2 aliphatic heterocycles. The Morgan fingerprint density at radius 1 is 0.880 bits per heavy atom. The average molecular weight is 347 g/mol. The van der Waals surface area contributed by atoms with Gasteiger partial charge in [0.05, 0.1) is 18.3 Å². The first-order valence-corrected chi connectivity index (χ1v) is 10.3. The molecule has 3 heteroatoms. The molecular weight excluding hydrogens is 312 g/mol. The van der Waals surface area contributed by atoms with Crippen LogP contribution < -0.4 is 0 Å². The number of hydrogen-bond donors (Lipinski definition) is 2. The highest BCUT2D eigenvalue weighted by atomic mass is 16.5. The zero-order valence-corrected chi connectivity index (χ0v) is 15.4. The molecule has 1 aromatic rings. The number of benzene rings is 1. The summed E-state index contributed by atoms with van der Waals surface area (Å²) < 4.78 is 6.22. The molecule has 3 nitrogen and oxygen atoms in total. The lowest BCUT2D eigenvalue weighted by Crippen LogP contribution is -2.27. The van der Waals surface area contributed by atoms with Crippen molar-refractivity contribution in [1.82, 2.24) is 0 Å². The molecule has 140 valence electrons. The maximum atomic E-state index is 10.5. The molecule has 0 saturated carbocycles. The molecule has 3 rings (SSSR count). The van der Waals surface area contributed by atoms with E-state index >= 15 is 0 Å². The molecule has 0 aromatic heterocycles. The Labute approximate surface area is 152 Å². The van der Waals surface area contributed by atoms with Crippen molar-refractivity contribution in [1.29, 1.82) is 0 Å². The van der Waals surface area contributed by atoms with E-state index in [4.69, 9.17) is 9.84 Å². The fourth-order valence-corrected chi connectivity index (χ4v) is 4.88. The first kappa shape index (κ1) is 18.9. The number of aliphatic hydroxyl groups excluding tert-OH is 2. The molecule has 2 N–H and O–H groups in total. The van der Waals surface area contributed by atoms with Gasteiger partial charge in [0, 0.05) is 6.61 Å². The van der Waals surface area contributed by atoms with Gasteiger partial charge in [0.15, 0.2) is 0 Å². The number of rotatable bonds is 11. The van der Waals surface area contributed by atoms with Gasteiger partial charge in [0.2, 0.25) is 0 Å². The van der Waals surface area contributed by atoms with Crippen molar-refractivity contribution in [2.24, 2.45) is 11.8 Å². The lowest BCUT2D eigenvalue weighted by atomic mass is 9.74. The van der Waals surface area contributed by atoms with Crippen molar-refractivity contribution in [2.75, 3.05) is 6.61 Å². The molecule has 0 spiro atoms. The molecule has 0 radical (unpaired) electrons. The number of fused-ring (bicyclic) bond motifs is 2. The smallest absolute Gasteiger partial charge is 0.0790 e. The third kappa shape index (κ3) is 5.06. The number of hydrogen-bond acceptors (Lipinski definition) is 3. The summed E-state index contributed by atoms with van der Waals surface area (Å²) in [6.07, 6.45) is 12.1. The SMILES string of the molecule is OCCCCCCC[C@@H]1[C@H](CCC(O)c2ccccc2)[C@@H]2CC[C@H]1O2. The number of ether oxygens (including phenoxy) is 1. The predicted molar refractivity (Wildman–Crippen MR) is 100 cm³/mol. The van der Waals surface area contributed by atoms with E-state index in [0.717, 1.165) is 31.2 Å². The maximum Gasteiger partial charge on any atom is 0.0790 e. The van der Waals surface area contributed by atoms with Gasteiger partial charge < -0.3 is 14.9 Å². The molecule has 25 heavy (non-hydrogen) atoms. The normalized spacial score (nSPS) is 29.2. The molecule has 2 heterocycles. The standard InChI is InChI=1S/C22H34O3/c23-16-8-3-1-2-7-11-18-19(22-15-14-21(18)25-22)12-13-20(24)17-9-5-4-6-10-17/h4-6,9-10,18-24H,1-3,7-8,11-16H2/t18-,19+,20?,21-,22+/m1/s1. The maximum absolute atomic E-state index is 10.5. The fourth-order valence-electron chi connectivity index (χ4n) is 4.88. The minimum atomic E-state index is -0.348. The summed E-state index contributed by atoms with van der Waals surface area (Å²) >= 11 is 0. The summed E-state index contributed by atoms with van der Waals surface area (Å²) in [5.41, 5.74) is 1.03. The topological polar surface area (TPSA) is 49.7 Å². The quantitative estimate of drug-likeness (QED) is 0.575. The molecule has 2 saturated heterocycles. The Balaban J connectivity index is 1.44. The molecule has 2 bridgehead atoms. The first-order chi connectivity index (χ1) is 12.3. The van der Waals surface area contributed by atoms with E-state index in [9.17, 15) is 5.11 Å². The third-order valence-electron chi connectivity index (χ3n) is 6.24. The summed E-state index contributed by atoms with van der Waals surface area (Å²) in [7, 11) is 0. The highest BCUT2D eigenvalue weighted by Crippen LogP contribution is 2.48. The molecule has 2 aliphatic rings. The van der Waals surface area contributed by atoms with Gasteiger partial charge in [-0.3, -0.25) is 0 Å². The van der Waals surface area contributed by atoms with E-state index in [1.54, 1.807) is 0 Å². The van der Waals surface area contributed by atoms with E-state index in [1.807, 2.05) is 30.3 Å². The molecular formula is C22H34O3. The van der Waals surface area contributed by atoms with E-state index in [-0.39, 0.29) is 6.10 Å². The van der Waals surface area contributed by atoms with Crippen molar-refractivity contribution in [2.45, 2.75) is 82.5 Å². The zero-order valence-electron chi connectivity index (χ0n) is 15.4. The van der Waals surface area contributed by atoms with Crippen LogP contribution in [0.2, 0.25) is 0 Å². The van der Waals surface area contributed by atoms with Crippen molar-refractivity contribution < 1.29 is 14.9 Å².